The van der Waals surface area contributed by atoms with Gasteiger partial charge in [0.25, 0.3) is 0 Å². The smallest absolute Gasteiger partial charge is 0.307 e. The average Bonchev–Trinajstić information content (AvgIpc) is 2.87. The molecule has 1 N–H and O–H groups in total. The van der Waals surface area contributed by atoms with Gasteiger partial charge in [0.2, 0.25) is 5.91 Å². The van der Waals surface area contributed by atoms with Gasteiger partial charge in [-0.05, 0) is 12.0 Å². The number of rotatable bonds is 5. The van der Waals surface area contributed by atoms with Crippen LogP contribution in [0.3, 0.4) is 0 Å². The van der Waals surface area contributed by atoms with Gasteiger partial charge >= 0.3 is 5.97 Å². The van der Waals surface area contributed by atoms with Crippen LogP contribution < -0.4 is 5.32 Å². The van der Waals surface area contributed by atoms with E-state index in [1.54, 1.807) is 12.1 Å². The number of hydrogen-bond donors (Lipinski definition) is 1. The zero-order valence-electron chi connectivity index (χ0n) is 12.3. The van der Waals surface area contributed by atoms with Gasteiger partial charge < -0.3 is 10.1 Å². The topological polar surface area (TPSA) is 89.5 Å². The Kier molecular flexibility index (Phi) is 5.18. The molecule has 0 aromatic heterocycles. The van der Waals surface area contributed by atoms with E-state index in [-0.39, 0.29) is 23.8 Å². The summed E-state index contributed by atoms with van der Waals surface area (Å²) in [5.41, 5.74) is 0.780. The average molecular weight is 325 g/mol. The first kappa shape index (κ1) is 16.5. The van der Waals surface area contributed by atoms with Crippen molar-refractivity contribution in [3.05, 3.63) is 35.9 Å². The first-order chi connectivity index (χ1) is 10.4. The molecule has 1 aliphatic heterocycles. The molecular formula is C15H19NO5S. The van der Waals surface area contributed by atoms with Crippen LogP contribution in [0.4, 0.5) is 0 Å². The summed E-state index contributed by atoms with van der Waals surface area (Å²) in [5.74, 6) is -1.41. The Balaban J connectivity index is 2.09. The number of carbonyl (C=O) groups is 2. The summed E-state index contributed by atoms with van der Waals surface area (Å²) in [6, 6.07) is 8.55. The minimum Gasteiger partial charge on any atom is -0.469 e. The van der Waals surface area contributed by atoms with Crippen molar-refractivity contribution in [1.82, 2.24) is 5.32 Å². The fourth-order valence-corrected chi connectivity index (χ4v) is 4.22. The fourth-order valence-electron chi connectivity index (χ4n) is 2.48. The lowest BCUT2D eigenvalue weighted by atomic mass is 10.0. The zero-order valence-corrected chi connectivity index (χ0v) is 13.1. The Morgan fingerprint density at radius 3 is 2.55 bits per heavy atom. The molecule has 1 aliphatic rings. The fraction of sp³-hybridized carbons (Fsp3) is 0.467. The molecule has 0 saturated carbocycles. The number of benzene rings is 1. The van der Waals surface area contributed by atoms with Crippen molar-refractivity contribution in [1.29, 1.82) is 0 Å². The van der Waals surface area contributed by atoms with E-state index in [9.17, 15) is 18.0 Å². The lowest BCUT2D eigenvalue weighted by Crippen LogP contribution is -2.35. The molecule has 2 rings (SSSR count). The maximum Gasteiger partial charge on any atom is 0.307 e. The van der Waals surface area contributed by atoms with Gasteiger partial charge in [0.15, 0.2) is 9.84 Å². The van der Waals surface area contributed by atoms with Crippen LogP contribution in [0.5, 0.6) is 0 Å². The standard InChI is InChI=1S/C15H19NO5S/c1-21-14(17)9-13(11-5-3-2-4-6-11)16-15(18)12-7-8-22(19,20)10-12/h2-6,12-13H,7-10H2,1H3,(H,16,18)/t12-,13+/m0/s1. The van der Waals surface area contributed by atoms with E-state index in [4.69, 9.17) is 0 Å². The highest BCUT2D eigenvalue weighted by Crippen LogP contribution is 2.22. The van der Waals surface area contributed by atoms with Gasteiger partial charge in [-0.15, -0.1) is 0 Å². The van der Waals surface area contributed by atoms with E-state index in [1.807, 2.05) is 18.2 Å². The lowest BCUT2D eigenvalue weighted by molar-refractivity contribution is -0.141. The molecular weight excluding hydrogens is 306 g/mol. The highest BCUT2D eigenvalue weighted by Gasteiger charge is 2.34. The molecule has 1 heterocycles. The van der Waals surface area contributed by atoms with Gasteiger partial charge in [0.1, 0.15) is 0 Å². The molecule has 120 valence electrons. The van der Waals surface area contributed by atoms with Crippen LogP contribution in [-0.4, -0.2) is 38.9 Å². The third-order valence-corrected chi connectivity index (χ3v) is 5.49. The molecule has 22 heavy (non-hydrogen) atoms. The molecule has 0 unspecified atom stereocenters. The minimum absolute atomic E-state index is 0.00568. The van der Waals surface area contributed by atoms with Crippen LogP contribution >= 0.6 is 0 Å². The SMILES string of the molecule is COC(=O)C[C@@H](NC(=O)[C@H]1CCS(=O)(=O)C1)c1ccccc1. The summed E-state index contributed by atoms with van der Waals surface area (Å²) in [5, 5.41) is 2.77. The first-order valence-corrected chi connectivity index (χ1v) is 8.86. The Labute approximate surface area is 129 Å². The highest BCUT2D eigenvalue weighted by atomic mass is 32.2. The Morgan fingerprint density at radius 1 is 1.32 bits per heavy atom. The normalized spacial score (nSPS) is 21.0. The molecule has 1 aromatic rings. The van der Waals surface area contributed by atoms with Crippen molar-refractivity contribution >= 4 is 21.7 Å². The second-order valence-electron chi connectivity index (χ2n) is 5.35. The molecule has 1 amide bonds. The first-order valence-electron chi connectivity index (χ1n) is 7.04. The van der Waals surface area contributed by atoms with Gasteiger partial charge in [-0.1, -0.05) is 30.3 Å². The molecule has 0 spiro atoms. The number of carbonyl (C=O) groups excluding carboxylic acids is 2. The quantitative estimate of drug-likeness (QED) is 0.810. The molecule has 1 aromatic carbocycles. The van der Waals surface area contributed by atoms with E-state index < -0.39 is 27.8 Å². The van der Waals surface area contributed by atoms with E-state index in [2.05, 4.69) is 10.1 Å². The van der Waals surface area contributed by atoms with Crippen molar-refractivity contribution < 1.29 is 22.7 Å². The maximum absolute atomic E-state index is 12.3. The molecule has 0 bridgehead atoms. The minimum atomic E-state index is -3.12. The molecule has 7 heteroatoms. The number of methoxy groups -OCH3 is 1. The molecule has 6 nitrogen and oxygen atoms in total. The summed E-state index contributed by atoms with van der Waals surface area (Å²) < 4.78 is 27.6. The molecule has 0 aliphatic carbocycles. The molecule has 2 atom stereocenters. The van der Waals surface area contributed by atoms with Crippen molar-refractivity contribution in [3.8, 4) is 0 Å². The van der Waals surface area contributed by atoms with Gasteiger partial charge in [-0.25, -0.2) is 8.42 Å². The second-order valence-corrected chi connectivity index (χ2v) is 7.58. The van der Waals surface area contributed by atoms with E-state index >= 15 is 0 Å². The zero-order chi connectivity index (χ0) is 16.2. The Morgan fingerprint density at radius 2 is 2.00 bits per heavy atom. The number of esters is 1. The van der Waals surface area contributed by atoms with Crippen molar-refractivity contribution in [2.24, 2.45) is 5.92 Å². The van der Waals surface area contributed by atoms with E-state index in [0.717, 1.165) is 5.56 Å². The van der Waals surface area contributed by atoms with Crippen LogP contribution in [0.1, 0.15) is 24.4 Å². The summed E-state index contributed by atoms with van der Waals surface area (Å²) in [7, 11) is -1.83. The monoisotopic (exact) mass is 325 g/mol. The van der Waals surface area contributed by atoms with Crippen LogP contribution in [0.25, 0.3) is 0 Å². The van der Waals surface area contributed by atoms with Gasteiger partial charge in [-0.2, -0.15) is 0 Å². The summed E-state index contributed by atoms with van der Waals surface area (Å²) >= 11 is 0. The number of sulfone groups is 1. The molecule has 1 fully saturated rings. The Bertz CT molecular complexity index is 641. The van der Waals surface area contributed by atoms with Gasteiger partial charge in [0.05, 0.1) is 37.0 Å². The number of amides is 1. The van der Waals surface area contributed by atoms with Crippen LogP contribution in [0, 0.1) is 5.92 Å². The third-order valence-electron chi connectivity index (χ3n) is 3.72. The molecule has 0 radical (unpaired) electrons. The predicted octanol–water partition coefficient (Wildman–Crippen LogP) is 0.842. The van der Waals surface area contributed by atoms with Gasteiger partial charge in [0, 0.05) is 0 Å². The third kappa shape index (κ3) is 4.30. The summed E-state index contributed by atoms with van der Waals surface area (Å²) in [4.78, 5) is 23.8. The summed E-state index contributed by atoms with van der Waals surface area (Å²) in [6.45, 7) is 0. The Hall–Kier alpha value is -1.89. The van der Waals surface area contributed by atoms with Gasteiger partial charge in [-0.3, -0.25) is 9.59 Å². The van der Waals surface area contributed by atoms with E-state index in [1.165, 1.54) is 7.11 Å². The van der Waals surface area contributed by atoms with Crippen molar-refractivity contribution in [3.63, 3.8) is 0 Å². The predicted molar refractivity (Wildman–Crippen MR) is 80.7 cm³/mol. The summed E-state index contributed by atoms with van der Waals surface area (Å²) in [6.07, 6.45) is 0.333. The van der Waals surface area contributed by atoms with Crippen molar-refractivity contribution in [2.75, 3.05) is 18.6 Å². The molecule has 1 saturated heterocycles. The number of hydrogen-bond acceptors (Lipinski definition) is 5. The van der Waals surface area contributed by atoms with E-state index in [0.29, 0.717) is 6.42 Å². The van der Waals surface area contributed by atoms with Crippen molar-refractivity contribution in [2.45, 2.75) is 18.9 Å². The number of ether oxygens (including phenoxy) is 1. The van der Waals surface area contributed by atoms with Crippen LogP contribution in [0.15, 0.2) is 30.3 Å². The highest BCUT2D eigenvalue weighted by molar-refractivity contribution is 7.91. The second kappa shape index (κ2) is 6.91. The van der Waals surface area contributed by atoms with Crippen LogP contribution in [0.2, 0.25) is 0 Å². The maximum atomic E-state index is 12.3. The van der Waals surface area contributed by atoms with Crippen LogP contribution in [-0.2, 0) is 24.2 Å². The number of nitrogens with one attached hydrogen (secondary N) is 1. The lowest BCUT2D eigenvalue weighted by Gasteiger charge is -2.20. The largest absolute Gasteiger partial charge is 0.469 e.